The number of aromatic nitrogens is 3. The number of methoxy groups -OCH3 is 1. The molecular formula is C28H28N4O2S. The summed E-state index contributed by atoms with van der Waals surface area (Å²) in [6.45, 7) is 1.72. The van der Waals surface area contributed by atoms with Gasteiger partial charge in [0.05, 0.1) is 12.8 Å². The van der Waals surface area contributed by atoms with Crippen LogP contribution in [0.1, 0.15) is 40.2 Å². The van der Waals surface area contributed by atoms with Crippen molar-refractivity contribution in [2.45, 2.75) is 30.2 Å². The number of ether oxygens (including phenoxy) is 1. The molecule has 3 aromatic carbocycles. The largest absolute Gasteiger partial charge is 0.495 e. The first-order chi connectivity index (χ1) is 17.2. The molecule has 1 aromatic heterocycles. The average molecular weight is 485 g/mol. The predicted octanol–water partition coefficient (Wildman–Crippen LogP) is 5.40. The molecule has 6 nitrogen and oxygen atoms in total. The Hall–Kier alpha value is -3.58. The van der Waals surface area contributed by atoms with Gasteiger partial charge >= 0.3 is 0 Å². The van der Waals surface area contributed by atoms with Gasteiger partial charge < -0.3 is 9.64 Å². The second-order valence-electron chi connectivity index (χ2n) is 8.55. The first-order valence-electron chi connectivity index (χ1n) is 11.9. The van der Waals surface area contributed by atoms with Gasteiger partial charge in [0.1, 0.15) is 11.6 Å². The fraction of sp³-hybridized carbons (Fsp3) is 0.250. The molecule has 1 aliphatic heterocycles. The van der Waals surface area contributed by atoms with Crippen LogP contribution in [0, 0.1) is 0 Å². The highest BCUT2D eigenvalue weighted by Crippen LogP contribution is 2.31. The molecule has 0 bridgehead atoms. The van der Waals surface area contributed by atoms with Crippen molar-refractivity contribution in [2.24, 2.45) is 0 Å². The molecule has 0 atom stereocenters. The Bertz CT molecular complexity index is 1280. The number of para-hydroxylation sites is 2. The summed E-state index contributed by atoms with van der Waals surface area (Å²) in [5.41, 5.74) is 3.97. The Morgan fingerprint density at radius 1 is 0.886 bits per heavy atom. The van der Waals surface area contributed by atoms with Gasteiger partial charge in [-0.05, 0) is 48.2 Å². The second kappa shape index (κ2) is 10.8. The molecule has 0 aliphatic carbocycles. The van der Waals surface area contributed by atoms with E-state index in [-0.39, 0.29) is 5.91 Å². The number of benzene rings is 3. The van der Waals surface area contributed by atoms with E-state index >= 15 is 0 Å². The lowest BCUT2D eigenvalue weighted by atomic mass is 10.1. The smallest absolute Gasteiger partial charge is 0.253 e. The predicted molar refractivity (Wildman–Crippen MR) is 138 cm³/mol. The van der Waals surface area contributed by atoms with Crippen molar-refractivity contribution in [1.82, 2.24) is 19.7 Å². The van der Waals surface area contributed by atoms with Gasteiger partial charge in [0, 0.05) is 30.8 Å². The van der Waals surface area contributed by atoms with E-state index in [1.165, 1.54) is 5.56 Å². The molecule has 0 radical (unpaired) electrons. The van der Waals surface area contributed by atoms with E-state index < -0.39 is 0 Å². The molecule has 4 aromatic rings. The molecule has 2 heterocycles. The van der Waals surface area contributed by atoms with Crippen LogP contribution in [0.25, 0.3) is 5.69 Å². The number of carbonyl (C=O) groups is 1. The van der Waals surface area contributed by atoms with Gasteiger partial charge in [-0.25, -0.2) is 0 Å². The van der Waals surface area contributed by atoms with E-state index in [0.29, 0.717) is 6.42 Å². The van der Waals surface area contributed by atoms with Crippen LogP contribution in [-0.2, 0) is 12.2 Å². The number of hydrogen-bond donors (Lipinski definition) is 0. The number of rotatable bonds is 8. The zero-order valence-corrected chi connectivity index (χ0v) is 20.6. The third-order valence-corrected chi connectivity index (χ3v) is 7.19. The molecule has 0 unspecified atom stereocenters. The summed E-state index contributed by atoms with van der Waals surface area (Å²) in [7, 11) is 1.68. The van der Waals surface area contributed by atoms with E-state index in [1.807, 2.05) is 71.6 Å². The Morgan fingerprint density at radius 3 is 2.34 bits per heavy atom. The summed E-state index contributed by atoms with van der Waals surface area (Å²) < 4.78 is 7.73. The van der Waals surface area contributed by atoms with Crippen molar-refractivity contribution in [3.8, 4) is 11.4 Å². The molecule has 0 saturated carbocycles. The Kier molecular flexibility index (Phi) is 7.14. The van der Waals surface area contributed by atoms with Crippen LogP contribution in [-0.4, -0.2) is 45.8 Å². The number of thioether (sulfide) groups is 1. The van der Waals surface area contributed by atoms with Gasteiger partial charge in [0.25, 0.3) is 5.91 Å². The van der Waals surface area contributed by atoms with E-state index in [9.17, 15) is 4.79 Å². The zero-order valence-electron chi connectivity index (χ0n) is 19.8. The van der Waals surface area contributed by atoms with Gasteiger partial charge in [0.2, 0.25) is 0 Å². The number of amides is 1. The maximum Gasteiger partial charge on any atom is 0.253 e. The highest BCUT2D eigenvalue weighted by atomic mass is 32.2. The van der Waals surface area contributed by atoms with Crippen molar-refractivity contribution in [2.75, 3.05) is 20.2 Å². The molecule has 1 fully saturated rings. The first kappa shape index (κ1) is 23.2. The minimum Gasteiger partial charge on any atom is -0.495 e. The SMILES string of the molecule is COc1ccccc1-n1c(Cc2ccccc2)nnc1SCc1ccc(C(=O)N2CCCC2)cc1. The van der Waals surface area contributed by atoms with Crippen LogP contribution in [0.5, 0.6) is 5.75 Å². The summed E-state index contributed by atoms with van der Waals surface area (Å²) in [5, 5.41) is 9.88. The van der Waals surface area contributed by atoms with E-state index in [4.69, 9.17) is 4.74 Å². The van der Waals surface area contributed by atoms with Crippen LogP contribution < -0.4 is 4.74 Å². The van der Waals surface area contributed by atoms with Crippen LogP contribution in [0.4, 0.5) is 0 Å². The lowest BCUT2D eigenvalue weighted by Crippen LogP contribution is -2.27. The molecule has 5 rings (SSSR count). The lowest BCUT2D eigenvalue weighted by molar-refractivity contribution is 0.0793. The highest BCUT2D eigenvalue weighted by molar-refractivity contribution is 7.98. The van der Waals surface area contributed by atoms with Crippen LogP contribution in [0.3, 0.4) is 0 Å². The normalized spacial score (nSPS) is 13.2. The van der Waals surface area contributed by atoms with Crippen molar-refractivity contribution in [3.63, 3.8) is 0 Å². The maximum atomic E-state index is 12.6. The minimum absolute atomic E-state index is 0.128. The first-order valence-corrected chi connectivity index (χ1v) is 12.8. The van der Waals surface area contributed by atoms with Crippen molar-refractivity contribution < 1.29 is 9.53 Å². The summed E-state index contributed by atoms with van der Waals surface area (Å²) in [5.74, 6) is 2.47. The summed E-state index contributed by atoms with van der Waals surface area (Å²) >= 11 is 1.62. The fourth-order valence-corrected chi connectivity index (χ4v) is 5.26. The molecular weight excluding hydrogens is 456 g/mol. The van der Waals surface area contributed by atoms with E-state index in [1.54, 1.807) is 18.9 Å². The average Bonchev–Trinajstić information content (AvgIpc) is 3.58. The van der Waals surface area contributed by atoms with Gasteiger partial charge in [-0.3, -0.25) is 9.36 Å². The lowest BCUT2D eigenvalue weighted by Gasteiger charge is -2.15. The molecule has 178 valence electrons. The van der Waals surface area contributed by atoms with E-state index in [0.717, 1.165) is 65.2 Å². The maximum absolute atomic E-state index is 12.6. The fourth-order valence-electron chi connectivity index (χ4n) is 4.34. The second-order valence-corrected chi connectivity index (χ2v) is 9.50. The third-order valence-electron chi connectivity index (χ3n) is 6.19. The van der Waals surface area contributed by atoms with E-state index in [2.05, 4.69) is 26.9 Å². The van der Waals surface area contributed by atoms with Gasteiger partial charge in [-0.15, -0.1) is 10.2 Å². The Morgan fingerprint density at radius 2 is 1.60 bits per heavy atom. The summed E-state index contributed by atoms with van der Waals surface area (Å²) in [4.78, 5) is 14.6. The number of nitrogens with zero attached hydrogens (tertiary/aromatic N) is 4. The molecule has 0 spiro atoms. The quantitative estimate of drug-likeness (QED) is 0.314. The zero-order chi connectivity index (χ0) is 24.0. The monoisotopic (exact) mass is 484 g/mol. The summed E-state index contributed by atoms with van der Waals surface area (Å²) in [6, 6.07) is 26.1. The number of likely N-dealkylation sites (tertiary alicyclic amines) is 1. The van der Waals surface area contributed by atoms with Crippen LogP contribution in [0.2, 0.25) is 0 Å². The Labute approximate surface area is 210 Å². The molecule has 1 saturated heterocycles. The number of hydrogen-bond acceptors (Lipinski definition) is 5. The van der Waals surface area contributed by atoms with Gasteiger partial charge in [0.15, 0.2) is 5.16 Å². The minimum atomic E-state index is 0.128. The summed E-state index contributed by atoms with van der Waals surface area (Å²) in [6.07, 6.45) is 2.86. The molecule has 1 aliphatic rings. The number of carbonyl (C=O) groups excluding carboxylic acids is 1. The van der Waals surface area contributed by atoms with Crippen molar-refractivity contribution in [3.05, 3.63) is 101 Å². The van der Waals surface area contributed by atoms with Crippen LogP contribution in [0.15, 0.2) is 84.0 Å². The molecule has 0 N–H and O–H groups in total. The van der Waals surface area contributed by atoms with Crippen molar-refractivity contribution in [1.29, 1.82) is 0 Å². The van der Waals surface area contributed by atoms with Crippen LogP contribution >= 0.6 is 11.8 Å². The Balaban J connectivity index is 1.38. The van der Waals surface area contributed by atoms with Crippen molar-refractivity contribution >= 4 is 17.7 Å². The van der Waals surface area contributed by atoms with Gasteiger partial charge in [-0.2, -0.15) is 0 Å². The topological polar surface area (TPSA) is 60.2 Å². The molecule has 1 amide bonds. The highest BCUT2D eigenvalue weighted by Gasteiger charge is 2.20. The molecule has 7 heteroatoms. The standard InChI is InChI=1S/C28H28N4O2S/c1-34-25-12-6-5-11-24(25)32-26(19-21-9-3-2-4-10-21)29-30-28(32)35-20-22-13-15-23(16-14-22)27(33)31-17-7-8-18-31/h2-6,9-16H,7-8,17-20H2,1H3. The molecule has 35 heavy (non-hydrogen) atoms. The van der Waals surface area contributed by atoms with Gasteiger partial charge in [-0.1, -0.05) is 66.4 Å². The third kappa shape index (κ3) is 5.25.